The second kappa shape index (κ2) is 11.5. The van der Waals surface area contributed by atoms with Crippen molar-refractivity contribution < 1.29 is 9.47 Å². The Morgan fingerprint density at radius 1 is 1.34 bits per heavy atom. The van der Waals surface area contributed by atoms with Gasteiger partial charge in [-0.1, -0.05) is 6.07 Å². The molecule has 2 N–H and O–H groups in total. The van der Waals surface area contributed by atoms with Gasteiger partial charge < -0.3 is 20.1 Å². The average molecular weight is 401 g/mol. The minimum absolute atomic E-state index is 0.291. The summed E-state index contributed by atoms with van der Waals surface area (Å²) in [5.74, 6) is 2.59. The third kappa shape index (κ3) is 6.83. The summed E-state index contributed by atoms with van der Waals surface area (Å²) in [6.07, 6.45) is 9.04. The lowest BCUT2D eigenvalue weighted by Gasteiger charge is -2.12. The van der Waals surface area contributed by atoms with Crippen LogP contribution in [0.3, 0.4) is 0 Å². The van der Waals surface area contributed by atoms with Gasteiger partial charge in [-0.05, 0) is 44.7 Å². The fraction of sp³-hybridized carbons (Fsp3) is 0.571. The van der Waals surface area contributed by atoms with Crippen molar-refractivity contribution in [2.24, 2.45) is 4.99 Å². The highest BCUT2D eigenvalue weighted by Crippen LogP contribution is 2.12. The summed E-state index contributed by atoms with van der Waals surface area (Å²) in [6, 6.07) is 4.04. The molecule has 2 aromatic rings. The first-order valence-electron chi connectivity index (χ1n) is 10.4. The number of nitrogens with zero attached hydrogens (tertiary/aromatic N) is 4. The van der Waals surface area contributed by atoms with Crippen LogP contribution in [0.1, 0.15) is 37.6 Å². The van der Waals surface area contributed by atoms with Crippen molar-refractivity contribution >= 4 is 5.96 Å². The lowest BCUT2D eigenvalue weighted by molar-refractivity contribution is 0.0168. The van der Waals surface area contributed by atoms with E-state index in [1.807, 2.05) is 36.0 Å². The zero-order chi connectivity index (χ0) is 20.3. The van der Waals surface area contributed by atoms with Gasteiger partial charge in [-0.15, -0.1) is 0 Å². The number of hydrogen-bond donors (Lipinski definition) is 2. The van der Waals surface area contributed by atoms with E-state index < -0.39 is 0 Å². The number of rotatable bonds is 10. The number of guanidine groups is 1. The first-order valence-corrected chi connectivity index (χ1v) is 10.4. The molecule has 1 unspecified atom stereocenters. The van der Waals surface area contributed by atoms with Crippen molar-refractivity contribution in [3.05, 3.63) is 42.1 Å². The molecule has 1 aliphatic heterocycles. The number of ether oxygens (including phenoxy) is 2. The Balaban J connectivity index is 1.40. The first kappa shape index (κ1) is 21.3. The van der Waals surface area contributed by atoms with Gasteiger partial charge in [0.2, 0.25) is 0 Å². The average Bonchev–Trinajstić information content (AvgIpc) is 3.41. The molecule has 0 radical (unpaired) electrons. The monoisotopic (exact) mass is 400 g/mol. The normalized spacial score (nSPS) is 16.9. The molecular weight excluding hydrogens is 368 g/mol. The smallest absolute Gasteiger partial charge is 0.191 e. The molecular formula is C21H32N6O2. The summed E-state index contributed by atoms with van der Waals surface area (Å²) in [5.41, 5.74) is 1.06. The van der Waals surface area contributed by atoms with E-state index in [1.165, 1.54) is 0 Å². The molecule has 0 saturated carbocycles. The molecule has 0 amide bonds. The Kier molecular flexibility index (Phi) is 8.45. The second-order valence-corrected chi connectivity index (χ2v) is 7.05. The molecule has 0 spiro atoms. The lowest BCUT2D eigenvalue weighted by Crippen LogP contribution is -2.38. The summed E-state index contributed by atoms with van der Waals surface area (Å²) in [6.45, 7) is 8.53. The Hall–Kier alpha value is -2.45. The maximum atomic E-state index is 5.70. The molecule has 1 fully saturated rings. The van der Waals surface area contributed by atoms with E-state index in [0.29, 0.717) is 19.3 Å². The van der Waals surface area contributed by atoms with E-state index in [-0.39, 0.29) is 0 Å². The topological polar surface area (TPSA) is 85.6 Å². The Labute approximate surface area is 172 Å². The lowest BCUT2D eigenvalue weighted by atomic mass is 10.2. The predicted octanol–water partition coefficient (Wildman–Crippen LogP) is 2.22. The molecule has 2 aromatic heterocycles. The van der Waals surface area contributed by atoms with Gasteiger partial charge in [0.05, 0.1) is 19.3 Å². The SMILES string of the molecule is CCNC(=NCc1ccc(-n2ccnc2C)nc1)NCCCOCC1CCCO1. The van der Waals surface area contributed by atoms with Gasteiger partial charge in [0, 0.05) is 44.9 Å². The van der Waals surface area contributed by atoms with Gasteiger partial charge in [-0.2, -0.15) is 0 Å². The molecule has 1 saturated heterocycles. The predicted molar refractivity (Wildman–Crippen MR) is 113 cm³/mol. The summed E-state index contributed by atoms with van der Waals surface area (Å²) in [4.78, 5) is 13.4. The quantitative estimate of drug-likeness (QED) is 0.361. The largest absolute Gasteiger partial charge is 0.379 e. The van der Waals surface area contributed by atoms with Crippen LogP contribution >= 0.6 is 0 Å². The molecule has 0 aromatic carbocycles. The van der Waals surface area contributed by atoms with Crippen LogP contribution in [-0.2, 0) is 16.0 Å². The fourth-order valence-electron chi connectivity index (χ4n) is 3.16. The minimum atomic E-state index is 0.291. The van der Waals surface area contributed by atoms with Crippen molar-refractivity contribution in [2.75, 3.05) is 32.9 Å². The number of pyridine rings is 1. The maximum absolute atomic E-state index is 5.70. The highest BCUT2D eigenvalue weighted by Gasteiger charge is 2.14. The van der Waals surface area contributed by atoms with Crippen LogP contribution in [0.5, 0.6) is 0 Å². The van der Waals surface area contributed by atoms with Gasteiger partial charge >= 0.3 is 0 Å². The third-order valence-corrected chi connectivity index (χ3v) is 4.73. The van der Waals surface area contributed by atoms with Crippen molar-refractivity contribution in [1.82, 2.24) is 25.2 Å². The van der Waals surface area contributed by atoms with Crippen LogP contribution in [0, 0.1) is 6.92 Å². The Morgan fingerprint density at radius 2 is 2.28 bits per heavy atom. The molecule has 8 nitrogen and oxygen atoms in total. The van der Waals surface area contributed by atoms with Gasteiger partial charge in [0.25, 0.3) is 0 Å². The number of aliphatic imine (C=N–C) groups is 1. The van der Waals surface area contributed by atoms with Crippen LogP contribution in [0.15, 0.2) is 35.7 Å². The molecule has 3 heterocycles. The number of hydrogen-bond acceptors (Lipinski definition) is 5. The molecule has 1 aliphatic rings. The van der Waals surface area contributed by atoms with Gasteiger partial charge in [-0.3, -0.25) is 4.57 Å². The van der Waals surface area contributed by atoms with Crippen molar-refractivity contribution in [3.8, 4) is 5.82 Å². The van der Waals surface area contributed by atoms with Crippen LogP contribution in [0.4, 0.5) is 0 Å². The fourth-order valence-corrected chi connectivity index (χ4v) is 3.16. The van der Waals surface area contributed by atoms with Gasteiger partial charge in [0.1, 0.15) is 11.6 Å². The van der Waals surface area contributed by atoms with E-state index in [1.54, 1.807) is 6.20 Å². The summed E-state index contributed by atoms with van der Waals surface area (Å²) >= 11 is 0. The van der Waals surface area contributed by atoms with E-state index in [9.17, 15) is 0 Å². The van der Waals surface area contributed by atoms with Crippen LogP contribution in [-0.4, -0.2) is 59.5 Å². The first-order chi connectivity index (χ1) is 14.3. The van der Waals surface area contributed by atoms with E-state index in [0.717, 1.165) is 68.7 Å². The highest BCUT2D eigenvalue weighted by molar-refractivity contribution is 5.79. The van der Waals surface area contributed by atoms with Crippen LogP contribution < -0.4 is 10.6 Å². The number of imidazole rings is 1. The minimum Gasteiger partial charge on any atom is -0.379 e. The molecule has 3 rings (SSSR count). The highest BCUT2D eigenvalue weighted by atomic mass is 16.5. The van der Waals surface area contributed by atoms with Gasteiger partial charge in [-0.25, -0.2) is 15.0 Å². The molecule has 158 valence electrons. The number of nitrogens with one attached hydrogen (secondary N) is 2. The molecule has 0 bridgehead atoms. The maximum Gasteiger partial charge on any atom is 0.191 e. The second-order valence-electron chi connectivity index (χ2n) is 7.05. The van der Waals surface area contributed by atoms with Crippen LogP contribution in [0.2, 0.25) is 0 Å². The summed E-state index contributed by atoms with van der Waals surface area (Å²) in [5, 5.41) is 6.63. The number of aromatic nitrogens is 3. The molecule has 0 aliphatic carbocycles. The number of aryl methyl sites for hydroxylation is 1. The van der Waals surface area contributed by atoms with Crippen LogP contribution in [0.25, 0.3) is 5.82 Å². The van der Waals surface area contributed by atoms with Crippen molar-refractivity contribution in [3.63, 3.8) is 0 Å². The summed E-state index contributed by atoms with van der Waals surface area (Å²) in [7, 11) is 0. The van der Waals surface area contributed by atoms with Crippen molar-refractivity contribution in [2.45, 2.75) is 45.8 Å². The summed E-state index contributed by atoms with van der Waals surface area (Å²) < 4.78 is 13.2. The molecule has 1 atom stereocenters. The van der Waals surface area contributed by atoms with Gasteiger partial charge in [0.15, 0.2) is 5.96 Å². The zero-order valence-electron chi connectivity index (χ0n) is 17.4. The standard InChI is InChI=1S/C21H32N6O2/c1-3-22-21(24-9-5-12-28-16-19-6-4-13-29-19)26-15-18-7-8-20(25-14-18)27-11-10-23-17(27)2/h7-8,10-11,14,19H,3-6,9,12-13,15-16H2,1-2H3,(H2,22,24,26). The van der Waals surface area contributed by atoms with E-state index in [4.69, 9.17) is 9.47 Å². The Bertz CT molecular complexity index is 753. The Morgan fingerprint density at radius 3 is 2.97 bits per heavy atom. The molecule has 29 heavy (non-hydrogen) atoms. The zero-order valence-corrected chi connectivity index (χ0v) is 17.4. The van der Waals surface area contributed by atoms with E-state index in [2.05, 4.69) is 32.5 Å². The third-order valence-electron chi connectivity index (χ3n) is 4.73. The van der Waals surface area contributed by atoms with E-state index >= 15 is 0 Å². The molecule has 8 heteroatoms. The van der Waals surface area contributed by atoms with Crippen molar-refractivity contribution in [1.29, 1.82) is 0 Å².